The second-order valence-corrected chi connectivity index (χ2v) is 6.74. The molecule has 1 aliphatic heterocycles. The third-order valence-electron chi connectivity index (χ3n) is 4.62. The number of ether oxygens (including phenoxy) is 1. The molecular weight excluding hydrogens is 387 g/mol. The van der Waals surface area contributed by atoms with Crippen LogP contribution < -0.4 is 16.2 Å². The number of halogens is 2. The lowest BCUT2D eigenvalue weighted by molar-refractivity contribution is 0.122. The number of nitrogens with two attached hydrogens (primary N) is 1. The van der Waals surface area contributed by atoms with Gasteiger partial charge in [-0.2, -0.15) is 0 Å². The summed E-state index contributed by atoms with van der Waals surface area (Å²) in [6.45, 7) is 2.53. The number of morpholine rings is 1. The first kappa shape index (κ1) is 18.5. The van der Waals surface area contributed by atoms with Gasteiger partial charge in [-0.05, 0) is 12.1 Å². The number of pyridine rings is 1. The van der Waals surface area contributed by atoms with Crippen molar-refractivity contribution in [1.82, 2.24) is 15.0 Å². The molecule has 0 unspecified atom stereocenters. The number of fused-ring (bicyclic) bond motifs is 1. The molecule has 1 fully saturated rings. The van der Waals surface area contributed by atoms with E-state index in [1.165, 1.54) is 12.3 Å². The van der Waals surface area contributed by atoms with E-state index >= 15 is 0 Å². The van der Waals surface area contributed by atoms with Crippen molar-refractivity contribution in [3.05, 3.63) is 39.0 Å². The van der Waals surface area contributed by atoms with Crippen LogP contribution in [0.1, 0.15) is 5.69 Å². The first-order chi connectivity index (χ1) is 13.5. The summed E-state index contributed by atoms with van der Waals surface area (Å²) in [5, 5.41) is 0.0338. The van der Waals surface area contributed by atoms with Crippen LogP contribution in [0.2, 0.25) is 5.02 Å². The van der Waals surface area contributed by atoms with E-state index < -0.39 is 11.4 Å². The number of nitrogen functional groups attached to an aromatic ring is 1. The summed E-state index contributed by atoms with van der Waals surface area (Å²) in [6, 6.07) is 3.23. The summed E-state index contributed by atoms with van der Waals surface area (Å²) in [4.78, 5) is 28.2. The number of rotatable bonds is 3. The molecular formula is C18H18ClFN6O2. The van der Waals surface area contributed by atoms with Gasteiger partial charge in [0.25, 0.3) is 5.56 Å². The van der Waals surface area contributed by atoms with E-state index in [-0.39, 0.29) is 27.6 Å². The highest BCUT2D eigenvalue weighted by atomic mass is 35.5. The Hall–Kier alpha value is -2.91. The van der Waals surface area contributed by atoms with Crippen LogP contribution in [-0.4, -0.2) is 54.5 Å². The van der Waals surface area contributed by atoms with Crippen LogP contribution in [0, 0.1) is 5.82 Å². The zero-order chi connectivity index (χ0) is 19.8. The molecule has 10 heteroatoms. The molecule has 28 heavy (non-hydrogen) atoms. The molecule has 0 bridgehead atoms. The number of aliphatic imine (C=N–C) groups is 1. The Balaban J connectivity index is 1.83. The number of anilines is 2. The molecule has 1 aliphatic rings. The summed E-state index contributed by atoms with van der Waals surface area (Å²) in [6.07, 6.45) is 1.40. The third kappa shape index (κ3) is 3.12. The summed E-state index contributed by atoms with van der Waals surface area (Å²) < 4.78 is 20.0. The summed E-state index contributed by atoms with van der Waals surface area (Å²) in [5.74, 6) is -0.345. The SMILES string of the molecule is CN=Cc1[nH]c(=O)c(-c2nc3c(F)cc(N4CCOCC4)cc3[nH]2)c(Cl)c1N. The molecule has 2 aromatic heterocycles. The van der Waals surface area contributed by atoms with Crippen LogP contribution in [0.4, 0.5) is 15.8 Å². The van der Waals surface area contributed by atoms with Crippen LogP contribution in [-0.2, 0) is 4.74 Å². The summed E-state index contributed by atoms with van der Waals surface area (Å²) >= 11 is 6.31. The molecule has 146 valence electrons. The average Bonchev–Trinajstić information content (AvgIpc) is 3.11. The molecule has 0 atom stereocenters. The number of nitrogens with zero attached hydrogens (tertiary/aromatic N) is 3. The maximum Gasteiger partial charge on any atom is 0.261 e. The van der Waals surface area contributed by atoms with E-state index in [4.69, 9.17) is 22.1 Å². The van der Waals surface area contributed by atoms with Gasteiger partial charge >= 0.3 is 0 Å². The number of aromatic amines is 2. The maximum atomic E-state index is 14.7. The standard InChI is InChI=1S/C18H18ClFN6O2/c1-22-8-12-15(21)14(19)13(18(27)24-12)17-23-11-7-9(6-10(20)16(11)25-17)26-2-4-28-5-3-26/h6-8H,2-5,21H2,1H3,(H,23,25)(H,24,27). The minimum atomic E-state index is -0.498. The number of aromatic nitrogens is 3. The van der Waals surface area contributed by atoms with Gasteiger partial charge in [-0.1, -0.05) is 11.6 Å². The second-order valence-electron chi connectivity index (χ2n) is 6.37. The lowest BCUT2D eigenvalue weighted by Gasteiger charge is -2.28. The Labute approximate surface area is 164 Å². The Bertz CT molecular complexity index is 1130. The molecule has 4 rings (SSSR count). The lowest BCUT2D eigenvalue weighted by atomic mass is 10.2. The van der Waals surface area contributed by atoms with Crippen LogP contribution in [0.3, 0.4) is 0 Å². The van der Waals surface area contributed by atoms with E-state index in [0.717, 1.165) is 5.69 Å². The minimum absolute atomic E-state index is 0.0338. The first-order valence-electron chi connectivity index (χ1n) is 8.65. The van der Waals surface area contributed by atoms with Crippen molar-refractivity contribution in [1.29, 1.82) is 0 Å². The highest BCUT2D eigenvalue weighted by Gasteiger charge is 2.21. The van der Waals surface area contributed by atoms with Gasteiger partial charge in [-0.25, -0.2) is 9.37 Å². The minimum Gasteiger partial charge on any atom is -0.396 e. The molecule has 1 aromatic carbocycles. The molecule has 8 nitrogen and oxygen atoms in total. The van der Waals surface area contributed by atoms with E-state index in [9.17, 15) is 9.18 Å². The van der Waals surface area contributed by atoms with Crippen LogP contribution in [0.15, 0.2) is 21.9 Å². The molecule has 0 saturated carbocycles. The van der Waals surface area contributed by atoms with Crippen molar-refractivity contribution >= 4 is 40.2 Å². The van der Waals surface area contributed by atoms with Gasteiger partial charge in [0.05, 0.1) is 35.1 Å². The number of H-pyrrole nitrogens is 2. The number of hydrogen-bond donors (Lipinski definition) is 3. The van der Waals surface area contributed by atoms with E-state index in [0.29, 0.717) is 37.5 Å². The molecule has 0 spiro atoms. The fourth-order valence-electron chi connectivity index (χ4n) is 3.23. The fourth-order valence-corrected chi connectivity index (χ4v) is 3.51. The van der Waals surface area contributed by atoms with E-state index in [1.807, 2.05) is 4.90 Å². The number of hydrogen-bond acceptors (Lipinski definition) is 6. The normalized spacial score (nSPS) is 15.0. The zero-order valence-electron chi connectivity index (χ0n) is 15.1. The van der Waals surface area contributed by atoms with Crippen molar-refractivity contribution in [2.45, 2.75) is 0 Å². The number of imidazole rings is 1. The van der Waals surface area contributed by atoms with Gasteiger partial charge in [-0.3, -0.25) is 9.79 Å². The maximum absolute atomic E-state index is 14.7. The molecule has 0 radical (unpaired) electrons. The molecule has 3 aromatic rings. The topological polar surface area (TPSA) is 112 Å². The Morgan fingerprint density at radius 2 is 2.11 bits per heavy atom. The molecule has 3 heterocycles. The highest BCUT2D eigenvalue weighted by Crippen LogP contribution is 2.32. The van der Waals surface area contributed by atoms with Gasteiger partial charge in [0.2, 0.25) is 0 Å². The van der Waals surface area contributed by atoms with Gasteiger partial charge in [0, 0.05) is 32.0 Å². The predicted molar refractivity (Wildman–Crippen MR) is 108 cm³/mol. The monoisotopic (exact) mass is 404 g/mol. The quantitative estimate of drug-likeness (QED) is 0.579. The van der Waals surface area contributed by atoms with Crippen LogP contribution >= 0.6 is 11.6 Å². The van der Waals surface area contributed by atoms with Crippen molar-refractivity contribution in [3.8, 4) is 11.4 Å². The van der Waals surface area contributed by atoms with Crippen LogP contribution in [0.5, 0.6) is 0 Å². The first-order valence-corrected chi connectivity index (χ1v) is 9.03. The molecule has 0 aliphatic carbocycles. The summed E-state index contributed by atoms with van der Waals surface area (Å²) in [7, 11) is 1.55. The third-order valence-corrected chi connectivity index (χ3v) is 5.01. The Morgan fingerprint density at radius 1 is 1.36 bits per heavy atom. The number of benzene rings is 1. The van der Waals surface area contributed by atoms with Crippen LogP contribution in [0.25, 0.3) is 22.4 Å². The van der Waals surface area contributed by atoms with Crippen molar-refractivity contribution in [2.24, 2.45) is 4.99 Å². The smallest absolute Gasteiger partial charge is 0.261 e. The molecule has 4 N–H and O–H groups in total. The van der Waals surface area contributed by atoms with Crippen molar-refractivity contribution in [3.63, 3.8) is 0 Å². The Morgan fingerprint density at radius 3 is 2.82 bits per heavy atom. The van der Waals surface area contributed by atoms with Gasteiger partial charge < -0.3 is 25.3 Å². The number of nitrogens with one attached hydrogen (secondary N) is 2. The zero-order valence-corrected chi connectivity index (χ0v) is 15.8. The predicted octanol–water partition coefficient (Wildman–Crippen LogP) is 2.18. The van der Waals surface area contributed by atoms with Gasteiger partial charge in [0.1, 0.15) is 16.9 Å². The summed E-state index contributed by atoms with van der Waals surface area (Å²) in [5.41, 5.74) is 7.32. The highest BCUT2D eigenvalue weighted by molar-refractivity contribution is 6.36. The van der Waals surface area contributed by atoms with Crippen molar-refractivity contribution in [2.75, 3.05) is 44.0 Å². The van der Waals surface area contributed by atoms with Gasteiger partial charge in [0.15, 0.2) is 5.82 Å². The largest absolute Gasteiger partial charge is 0.396 e. The average molecular weight is 405 g/mol. The second kappa shape index (κ2) is 7.25. The van der Waals surface area contributed by atoms with Gasteiger partial charge in [-0.15, -0.1) is 0 Å². The van der Waals surface area contributed by atoms with E-state index in [2.05, 4.69) is 19.9 Å². The Kier molecular flexibility index (Phi) is 4.78. The molecule has 0 amide bonds. The molecule has 1 saturated heterocycles. The van der Waals surface area contributed by atoms with Crippen molar-refractivity contribution < 1.29 is 9.13 Å². The van der Waals surface area contributed by atoms with E-state index in [1.54, 1.807) is 13.1 Å². The lowest BCUT2D eigenvalue weighted by Crippen LogP contribution is -2.36. The fraction of sp³-hybridized carbons (Fsp3) is 0.278.